The van der Waals surface area contributed by atoms with Crippen molar-refractivity contribution >= 4 is 10.0 Å². The third-order valence-electron chi connectivity index (χ3n) is 3.36. The van der Waals surface area contributed by atoms with Gasteiger partial charge >= 0.3 is 0 Å². The van der Waals surface area contributed by atoms with Gasteiger partial charge in [0.2, 0.25) is 10.0 Å². The molecule has 5 heteroatoms. The van der Waals surface area contributed by atoms with Crippen molar-refractivity contribution in [3.05, 3.63) is 30.3 Å². The Kier molecular flexibility index (Phi) is 4.37. The highest BCUT2D eigenvalue weighted by Gasteiger charge is 2.29. The van der Waals surface area contributed by atoms with Gasteiger partial charge in [-0.15, -0.1) is 0 Å². The topological polar surface area (TPSA) is 49.4 Å². The van der Waals surface area contributed by atoms with Crippen molar-refractivity contribution in [3.8, 4) is 0 Å². The van der Waals surface area contributed by atoms with Crippen LogP contribution in [0.5, 0.6) is 0 Å². The zero-order valence-electron chi connectivity index (χ0n) is 10.7. The maximum absolute atomic E-state index is 12.4. The van der Waals surface area contributed by atoms with Crippen LogP contribution in [0.1, 0.15) is 12.8 Å². The van der Waals surface area contributed by atoms with Gasteiger partial charge in [-0.2, -0.15) is 4.31 Å². The average molecular weight is 268 g/mol. The van der Waals surface area contributed by atoms with Gasteiger partial charge in [-0.05, 0) is 44.5 Å². The Balaban J connectivity index is 2.15. The predicted molar refractivity (Wildman–Crippen MR) is 71.9 cm³/mol. The molecule has 100 valence electrons. The summed E-state index contributed by atoms with van der Waals surface area (Å²) in [4.78, 5) is 0.398. The van der Waals surface area contributed by atoms with Gasteiger partial charge in [0.05, 0.1) is 4.90 Å². The van der Waals surface area contributed by atoms with E-state index in [1.165, 1.54) is 0 Å². The summed E-state index contributed by atoms with van der Waals surface area (Å²) in [6.07, 6.45) is 2.04. The van der Waals surface area contributed by atoms with Gasteiger partial charge in [-0.1, -0.05) is 18.2 Å². The zero-order chi connectivity index (χ0) is 13.0. The molecule has 0 bridgehead atoms. The highest BCUT2D eigenvalue weighted by Crippen LogP contribution is 2.23. The zero-order valence-corrected chi connectivity index (χ0v) is 11.5. The van der Waals surface area contributed by atoms with E-state index in [-0.39, 0.29) is 0 Å². The fraction of sp³-hybridized carbons (Fsp3) is 0.538. The fourth-order valence-electron chi connectivity index (χ4n) is 2.44. The molecule has 0 spiro atoms. The second-order valence-electron chi connectivity index (χ2n) is 4.74. The van der Waals surface area contributed by atoms with Crippen molar-refractivity contribution in [1.29, 1.82) is 0 Å². The number of nitrogens with zero attached hydrogens (tertiary/aromatic N) is 1. The van der Waals surface area contributed by atoms with Crippen LogP contribution in [0.3, 0.4) is 0 Å². The lowest BCUT2D eigenvalue weighted by Crippen LogP contribution is -2.42. The maximum Gasteiger partial charge on any atom is 0.243 e. The molecule has 4 nitrogen and oxygen atoms in total. The van der Waals surface area contributed by atoms with Crippen molar-refractivity contribution in [2.75, 3.05) is 26.7 Å². The molecule has 0 radical (unpaired) electrons. The Morgan fingerprint density at radius 3 is 2.72 bits per heavy atom. The van der Waals surface area contributed by atoms with E-state index in [1.807, 2.05) is 13.1 Å². The fourth-order valence-corrected chi connectivity index (χ4v) is 4.02. The molecule has 1 saturated heterocycles. The summed E-state index contributed by atoms with van der Waals surface area (Å²) < 4.78 is 26.5. The molecule has 1 heterocycles. The van der Waals surface area contributed by atoms with Crippen LogP contribution >= 0.6 is 0 Å². The third-order valence-corrected chi connectivity index (χ3v) is 5.23. The van der Waals surface area contributed by atoms with Crippen LogP contribution in [0.4, 0.5) is 0 Å². The molecule has 1 atom stereocenters. The normalized spacial score (nSPS) is 21.9. The van der Waals surface area contributed by atoms with Crippen molar-refractivity contribution < 1.29 is 8.42 Å². The first kappa shape index (κ1) is 13.5. The molecule has 2 rings (SSSR count). The second-order valence-corrected chi connectivity index (χ2v) is 6.68. The molecular formula is C13H20N2O2S. The van der Waals surface area contributed by atoms with E-state index in [0.717, 1.165) is 19.4 Å². The van der Waals surface area contributed by atoms with E-state index in [1.54, 1.807) is 28.6 Å². The Hall–Kier alpha value is -0.910. The summed E-state index contributed by atoms with van der Waals surface area (Å²) in [6.45, 7) is 2.14. The van der Waals surface area contributed by atoms with Crippen molar-refractivity contribution in [3.63, 3.8) is 0 Å². The van der Waals surface area contributed by atoms with Gasteiger partial charge in [0.1, 0.15) is 0 Å². The number of rotatable bonds is 4. The molecule has 0 saturated carbocycles. The summed E-state index contributed by atoms with van der Waals surface area (Å²) in [6, 6.07) is 8.69. The van der Waals surface area contributed by atoms with E-state index in [4.69, 9.17) is 0 Å². The smallest absolute Gasteiger partial charge is 0.243 e. The quantitative estimate of drug-likeness (QED) is 0.895. The van der Waals surface area contributed by atoms with E-state index in [2.05, 4.69) is 5.32 Å². The van der Waals surface area contributed by atoms with E-state index < -0.39 is 10.0 Å². The Bertz CT molecular complexity index is 471. The number of hydrogen-bond acceptors (Lipinski definition) is 3. The SMILES string of the molecule is CNCC1CCCN(S(=O)(=O)c2ccccc2)C1. The van der Waals surface area contributed by atoms with Crippen LogP contribution < -0.4 is 5.32 Å². The second kappa shape index (κ2) is 5.82. The summed E-state index contributed by atoms with van der Waals surface area (Å²) in [5.41, 5.74) is 0. The summed E-state index contributed by atoms with van der Waals surface area (Å²) in [5.74, 6) is 0.419. The lowest BCUT2D eigenvalue weighted by Gasteiger charge is -2.31. The Morgan fingerprint density at radius 2 is 2.06 bits per heavy atom. The van der Waals surface area contributed by atoms with Crippen LogP contribution in [0.2, 0.25) is 0 Å². The minimum absolute atomic E-state index is 0.398. The molecular weight excluding hydrogens is 248 g/mol. The van der Waals surface area contributed by atoms with Crippen molar-refractivity contribution in [1.82, 2.24) is 9.62 Å². The lowest BCUT2D eigenvalue weighted by molar-refractivity contribution is 0.263. The van der Waals surface area contributed by atoms with Gasteiger partial charge < -0.3 is 5.32 Å². The molecule has 0 aliphatic carbocycles. The highest BCUT2D eigenvalue weighted by atomic mass is 32.2. The molecule has 0 amide bonds. The van der Waals surface area contributed by atoms with Gasteiger partial charge in [0.15, 0.2) is 0 Å². The molecule has 1 unspecified atom stereocenters. The van der Waals surface area contributed by atoms with E-state index in [0.29, 0.717) is 23.9 Å². The highest BCUT2D eigenvalue weighted by molar-refractivity contribution is 7.89. The molecule has 1 aliphatic rings. The third kappa shape index (κ3) is 2.91. The van der Waals surface area contributed by atoms with Gasteiger partial charge in [0, 0.05) is 13.1 Å². The number of benzene rings is 1. The van der Waals surface area contributed by atoms with Crippen LogP contribution in [-0.4, -0.2) is 39.4 Å². The lowest BCUT2D eigenvalue weighted by atomic mass is 10.00. The largest absolute Gasteiger partial charge is 0.319 e. The first-order valence-corrected chi connectivity index (χ1v) is 7.78. The van der Waals surface area contributed by atoms with Crippen LogP contribution in [0.15, 0.2) is 35.2 Å². The number of sulfonamides is 1. The molecule has 0 aromatic heterocycles. The van der Waals surface area contributed by atoms with Crippen molar-refractivity contribution in [2.24, 2.45) is 5.92 Å². The minimum Gasteiger partial charge on any atom is -0.319 e. The summed E-state index contributed by atoms with van der Waals surface area (Å²) in [5, 5.41) is 3.13. The van der Waals surface area contributed by atoms with Crippen LogP contribution in [0.25, 0.3) is 0 Å². The molecule has 1 aliphatic heterocycles. The molecule has 1 aromatic carbocycles. The van der Waals surface area contributed by atoms with Crippen LogP contribution in [0, 0.1) is 5.92 Å². The first-order chi connectivity index (χ1) is 8.64. The summed E-state index contributed by atoms with van der Waals surface area (Å²) in [7, 11) is -1.40. The van der Waals surface area contributed by atoms with Gasteiger partial charge in [0.25, 0.3) is 0 Å². The van der Waals surface area contributed by atoms with E-state index >= 15 is 0 Å². The summed E-state index contributed by atoms with van der Waals surface area (Å²) >= 11 is 0. The standard InChI is InChI=1S/C13H20N2O2S/c1-14-10-12-6-5-9-15(11-12)18(16,17)13-7-3-2-4-8-13/h2-4,7-8,12,14H,5-6,9-11H2,1H3. The Morgan fingerprint density at radius 1 is 1.33 bits per heavy atom. The number of hydrogen-bond donors (Lipinski definition) is 1. The Labute approximate surface area is 109 Å². The van der Waals surface area contributed by atoms with Gasteiger partial charge in [-0.25, -0.2) is 8.42 Å². The first-order valence-electron chi connectivity index (χ1n) is 6.34. The average Bonchev–Trinajstić information content (AvgIpc) is 2.40. The molecule has 1 aromatic rings. The monoisotopic (exact) mass is 268 g/mol. The van der Waals surface area contributed by atoms with Crippen molar-refractivity contribution in [2.45, 2.75) is 17.7 Å². The molecule has 1 N–H and O–H groups in total. The van der Waals surface area contributed by atoms with E-state index in [9.17, 15) is 8.42 Å². The van der Waals surface area contributed by atoms with Gasteiger partial charge in [-0.3, -0.25) is 0 Å². The molecule has 1 fully saturated rings. The molecule has 18 heavy (non-hydrogen) atoms. The minimum atomic E-state index is -3.31. The number of nitrogens with one attached hydrogen (secondary N) is 1. The van der Waals surface area contributed by atoms with Crippen LogP contribution in [-0.2, 0) is 10.0 Å². The number of piperidine rings is 1. The maximum atomic E-state index is 12.4. The predicted octanol–water partition coefficient (Wildman–Crippen LogP) is 1.31.